The van der Waals surface area contributed by atoms with Crippen LogP contribution < -0.4 is 0 Å². The number of aryl methyl sites for hydroxylation is 1. The third-order valence-corrected chi connectivity index (χ3v) is 4.62. The molecular formula is C19H23NO2. The molecule has 2 aliphatic carbocycles. The lowest BCUT2D eigenvalue weighted by molar-refractivity contribution is -0.117. The van der Waals surface area contributed by atoms with Gasteiger partial charge in [0.2, 0.25) is 0 Å². The molecule has 3 nitrogen and oxygen atoms in total. The summed E-state index contributed by atoms with van der Waals surface area (Å²) in [6, 6.07) is 8.48. The van der Waals surface area contributed by atoms with Crippen LogP contribution in [0, 0.1) is 5.41 Å². The molecule has 22 heavy (non-hydrogen) atoms. The third-order valence-electron chi connectivity index (χ3n) is 4.62. The highest BCUT2D eigenvalue weighted by Gasteiger charge is 2.32. The summed E-state index contributed by atoms with van der Waals surface area (Å²) in [6.45, 7) is 4.01. The fourth-order valence-electron chi connectivity index (χ4n) is 3.50. The van der Waals surface area contributed by atoms with Crippen LogP contribution >= 0.6 is 0 Å². The number of fused-ring (bicyclic) bond motifs is 1. The van der Waals surface area contributed by atoms with Gasteiger partial charge in [0.05, 0.1) is 11.6 Å². The van der Waals surface area contributed by atoms with Gasteiger partial charge in [-0.15, -0.1) is 0 Å². The highest BCUT2D eigenvalue weighted by molar-refractivity contribution is 6.14. The van der Waals surface area contributed by atoms with E-state index < -0.39 is 0 Å². The van der Waals surface area contributed by atoms with Crippen LogP contribution in [0.4, 0.5) is 0 Å². The second kappa shape index (κ2) is 5.71. The molecule has 0 aromatic heterocycles. The van der Waals surface area contributed by atoms with Crippen LogP contribution in [-0.4, -0.2) is 17.1 Å². The first kappa shape index (κ1) is 15.0. The maximum absolute atomic E-state index is 12.2. The van der Waals surface area contributed by atoms with Gasteiger partial charge in [0.1, 0.15) is 5.76 Å². The number of allylic oxidation sites excluding steroid dienone is 2. The summed E-state index contributed by atoms with van der Waals surface area (Å²) in [4.78, 5) is 16.9. The predicted molar refractivity (Wildman–Crippen MR) is 88.3 cm³/mol. The lowest BCUT2D eigenvalue weighted by atomic mass is 9.77. The highest BCUT2D eigenvalue weighted by Crippen LogP contribution is 2.36. The molecule has 1 atom stereocenters. The van der Waals surface area contributed by atoms with Gasteiger partial charge in [-0.05, 0) is 35.8 Å². The van der Waals surface area contributed by atoms with Crippen molar-refractivity contribution in [1.82, 2.24) is 0 Å². The molecule has 1 aromatic carbocycles. The molecule has 3 rings (SSSR count). The van der Waals surface area contributed by atoms with E-state index in [-0.39, 0.29) is 23.0 Å². The van der Waals surface area contributed by atoms with Crippen LogP contribution in [0.1, 0.15) is 56.7 Å². The molecule has 3 heteroatoms. The van der Waals surface area contributed by atoms with Crippen molar-refractivity contribution >= 4 is 12.0 Å². The first-order chi connectivity index (χ1) is 10.5. The number of nitrogens with zero attached hydrogens (tertiary/aromatic N) is 1. The van der Waals surface area contributed by atoms with Crippen molar-refractivity contribution < 1.29 is 9.90 Å². The summed E-state index contributed by atoms with van der Waals surface area (Å²) in [7, 11) is 0. The zero-order valence-corrected chi connectivity index (χ0v) is 13.3. The minimum absolute atomic E-state index is 0.00148. The number of hydrogen-bond donors (Lipinski definition) is 1. The number of aliphatic imine (C=N–C) groups is 1. The fourth-order valence-corrected chi connectivity index (χ4v) is 3.50. The Hall–Kier alpha value is -1.90. The van der Waals surface area contributed by atoms with E-state index in [1.165, 1.54) is 11.1 Å². The smallest absolute Gasteiger partial charge is 0.168 e. The van der Waals surface area contributed by atoms with E-state index in [0.29, 0.717) is 18.4 Å². The van der Waals surface area contributed by atoms with E-state index in [0.717, 1.165) is 19.3 Å². The maximum Gasteiger partial charge on any atom is 0.168 e. The maximum atomic E-state index is 12.2. The van der Waals surface area contributed by atoms with Crippen molar-refractivity contribution in [3.05, 3.63) is 46.7 Å². The van der Waals surface area contributed by atoms with Crippen molar-refractivity contribution in [3.8, 4) is 0 Å². The Bertz CT molecular complexity index is 655. The first-order valence-corrected chi connectivity index (χ1v) is 8.02. The average Bonchev–Trinajstić information content (AvgIpc) is 2.45. The molecule has 0 saturated carbocycles. The van der Waals surface area contributed by atoms with E-state index in [9.17, 15) is 9.90 Å². The molecular weight excluding hydrogens is 274 g/mol. The quantitative estimate of drug-likeness (QED) is 0.826. The summed E-state index contributed by atoms with van der Waals surface area (Å²) in [5, 5.41) is 10.2. The van der Waals surface area contributed by atoms with Gasteiger partial charge in [-0.25, -0.2) is 0 Å². The molecule has 0 fully saturated rings. The normalized spacial score (nSPS) is 24.6. The highest BCUT2D eigenvalue weighted by atomic mass is 16.3. The van der Waals surface area contributed by atoms with E-state index in [1.54, 1.807) is 6.21 Å². The van der Waals surface area contributed by atoms with Crippen LogP contribution in [0.2, 0.25) is 0 Å². The van der Waals surface area contributed by atoms with Crippen LogP contribution in [-0.2, 0) is 11.2 Å². The zero-order valence-electron chi connectivity index (χ0n) is 13.3. The number of carbonyl (C=O) groups is 1. The molecule has 2 aliphatic rings. The number of Topliss-reactive ketones (excluding diaryl/α,β-unsaturated/α-hetero) is 1. The zero-order chi connectivity index (χ0) is 15.7. The number of aliphatic hydroxyl groups is 1. The van der Waals surface area contributed by atoms with Gasteiger partial charge in [0.15, 0.2) is 5.78 Å². The van der Waals surface area contributed by atoms with Gasteiger partial charge >= 0.3 is 0 Å². The van der Waals surface area contributed by atoms with Crippen LogP contribution in [0.15, 0.2) is 40.6 Å². The topological polar surface area (TPSA) is 49.7 Å². The molecule has 116 valence electrons. The van der Waals surface area contributed by atoms with Gasteiger partial charge < -0.3 is 5.11 Å². The lowest BCUT2D eigenvalue weighted by Gasteiger charge is -2.28. The van der Waals surface area contributed by atoms with Crippen molar-refractivity contribution in [3.63, 3.8) is 0 Å². The Kier molecular flexibility index (Phi) is 3.90. The second-order valence-electron chi connectivity index (χ2n) is 7.19. The van der Waals surface area contributed by atoms with E-state index in [1.807, 2.05) is 19.9 Å². The molecule has 1 N–H and O–H groups in total. The van der Waals surface area contributed by atoms with Crippen molar-refractivity contribution in [2.75, 3.05) is 0 Å². The standard InChI is InChI=1S/C19H23NO2/c1-19(2)10-17(21)15(18(22)11-19)12-20-16-9-5-7-13-6-3-4-8-14(13)16/h3-4,6,8,12,16,21H,5,7,9-11H2,1-2H3/t16-/m0/s1. The predicted octanol–water partition coefficient (Wildman–Crippen LogP) is 4.34. The molecule has 0 bridgehead atoms. The number of benzene rings is 1. The van der Waals surface area contributed by atoms with Crippen LogP contribution in [0.25, 0.3) is 0 Å². The molecule has 0 radical (unpaired) electrons. The average molecular weight is 297 g/mol. The number of rotatable bonds is 2. The molecule has 0 heterocycles. The van der Waals surface area contributed by atoms with Gasteiger partial charge in [-0.2, -0.15) is 0 Å². The molecule has 0 amide bonds. The Balaban J connectivity index is 1.85. The van der Waals surface area contributed by atoms with Crippen LogP contribution in [0.5, 0.6) is 0 Å². The minimum Gasteiger partial charge on any atom is -0.511 e. The number of aliphatic hydroxyl groups excluding tert-OH is 1. The Morgan fingerprint density at radius 2 is 2.05 bits per heavy atom. The van der Waals surface area contributed by atoms with Gasteiger partial charge in [0, 0.05) is 19.1 Å². The third kappa shape index (κ3) is 2.99. The van der Waals surface area contributed by atoms with Crippen molar-refractivity contribution in [1.29, 1.82) is 0 Å². The van der Waals surface area contributed by atoms with Gasteiger partial charge in [0.25, 0.3) is 0 Å². The van der Waals surface area contributed by atoms with Crippen molar-refractivity contribution in [2.24, 2.45) is 10.4 Å². The van der Waals surface area contributed by atoms with E-state index in [2.05, 4.69) is 23.2 Å². The molecule has 0 unspecified atom stereocenters. The second-order valence-corrected chi connectivity index (χ2v) is 7.19. The minimum atomic E-state index is -0.157. The molecule has 1 aromatic rings. The monoisotopic (exact) mass is 297 g/mol. The summed E-state index contributed by atoms with van der Waals surface area (Å²) in [5.41, 5.74) is 2.86. The summed E-state index contributed by atoms with van der Waals surface area (Å²) >= 11 is 0. The Labute approximate surface area is 131 Å². The molecule has 0 saturated heterocycles. The summed E-state index contributed by atoms with van der Waals surface area (Å²) < 4.78 is 0. The summed E-state index contributed by atoms with van der Waals surface area (Å²) in [6.07, 6.45) is 5.84. The van der Waals surface area contributed by atoms with Gasteiger partial charge in [-0.3, -0.25) is 9.79 Å². The van der Waals surface area contributed by atoms with E-state index in [4.69, 9.17) is 0 Å². The molecule has 0 aliphatic heterocycles. The van der Waals surface area contributed by atoms with Gasteiger partial charge in [-0.1, -0.05) is 38.1 Å². The summed E-state index contributed by atoms with van der Waals surface area (Å²) in [5.74, 6) is 0.190. The van der Waals surface area contributed by atoms with Crippen LogP contribution in [0.3, 0.4) is 0 Å². The SMILES string of the molecule is CC1(C)CC(=O)C(C=N[C@H]2CCCc3ccccc32)=C(O)C1. The fraction of sp³-hybridized carbons (Fsp3) is 0.474. The lowest BCUT2D eigenvalue weighted by Crippen LogP contribution is -2.26. The largest absolute Gasteiger partial charge is 0.511 e. The first-order valence-electron chi connectivity index (χ1n) is 8.02. The van der Waals surface area contributed by atoms with E-state index >= 15 is 0 Å². The Morgan fingerprint density at radius 3 is 2.82 bits per heavy atom. The molecule has 0 spiro atoms. The number of carbonyl (C=O) groups excluding carboxylic acids is 1. The number of ketones is 1. The van der Waals surface area contributed by atoms with Crippen molar-refractivity contribution in [2.45, 2.75) is 52.0 Å². The number of hydrogen-bond acceptors (Lipinski definition) is 3. The Morgan fingerprint density at radius 1 is 1.27 bits per heavy atom.